The molecule has 8 rings (SSSR count). The molecule has 6 aromatic carbocycles. The van der Waals surface area contributed by atoms with Gasteiger partial charge in [0.2, 0.25) is 0 Å². The Balaban J connectivity index is 1.60. The molecule has 318 valence electrons. The monoisotopic (exact) mass is 932 g/mol. The van der Waals surface area contributed by atoms with E-state index in [2.05, 4.69) is 241 Å². The Hall–Kier alpha value is -3.87. The van der Waals surface area contributed by atoms with Crippen LogP contribution in [0.15, 0.2) is 158 Å². The normalized spacial score (nSPS) is 15.0. The number of allylic oxidation sites excluding steroid dienone is 4. The number of hydrogen-bond acceptors (Lipinski definition) is 0. The van der Waals surface area contributed by atoms with E-state index in [0.717, 1.165) is 14.3 Å². The molecule has 0 aromatic heterocycles. The third-order valence-electron chi connectivity index (χ3n) is 13.5. The molecule has 0 atom stereocenters. The molecule has 0 saturated carbocycles. The van der Waals surface area contributed by atoms with Crippen molar-refractivity contribution in [1.82, 2.24) is 0 Å². The van der Waals surface area contributed by atoms with Crippen molar-refractivity contribution in [2.45, 2.75) is 112 Å². The number of hydrogen-bond donors (Lipinski definition) is 0. The van der Waals surface area contributed by atoms with Gasteiger partial charge in [0.15, 0.2) is 0 Å². The first-order chi connectivity index (χ1) is 29.0. The molecule has 0 spiro atoms. The minimum atomic E-state index is -5.77. The number of benzene rings is 6. The van der Waals surface area contributed by atoms with Crippen LogP contribution in [0, 0.1) is 0 Å². The van der Waals surface area contributed by atoms with Crippen LogP contribution in [-0.2, 0) is 37.6 Å². The molecule has 0 aliphatic heterocycles. The third kappa shape index (κ3) is 7.88. The Morgan fingerprint density at radius 1 is 0.419 bits per heavy atom. The summed E-state index contributed by atoms with van der Waals surface area (Å²) in [6.07, 6.45) is 8.94. The van der Waals surface area contributed by atoms with Gasteiger partial charge in [-0.3, -0.25) is 0 Å². The van der Waals surface area contributed by atoms with Gasteiger partial charge in [-0.25, -0.2) is 0 Å². The second kappa shape index (κ2) is 15.7. The molecule has 0 heterocycles. The second-order valence-corrected chi connectivity index (χ2v) is 42.8. The van der Waals surface area contributed by atoms with Crippen molar-refractivity contribution >= 4 is 20.2 Å². The molecule has 0 radical (unpaired) electrons. The van der Waals surface area contributed by atoms with E-state index in [1.807, 2.05) is 0 Å². The summed E-state index contributed by atoms with van der Waals surface area (Å²) < 4.78 is 0.658. The van der Waals surface area contributed by atoms with E-state index < -0.39 is 15.9 Å². The van der Waals surface area contributed by atoms with Gasteiger partial charge in [-0.05, 0) is 0 Å². The Bertz CT molecular complexity index is 2610. The van der Waals surface area contributed by atoms with Gasteiger partial charge in [-0.1, -0.05) is 0 Å². The standard InChI is InChI=1S/C33H33.C21H26.C5H5.2ClH.Zr/c1-32(2,3)30-20-26-24(18-28(30)22-13-9-7-10-14-22)17-25-19-29(23-15-11-8-12-16-23)31(21-27(25)26)33(4,5)6;1-20(2,3)18-11-7-16(8-12-18)15-17-9-13-19(14-10-17)21(4,5)6;1-2-4-5-3-1;;;/h7-21H,1-6H3;7-14H,1-6H3;1-5H;2*1H;/q;;;;;+2/p-2. The Kier molecular flexibility index (Phi) is 11.3. The van der Waals surface area contributed by atoms with Crippen molar-refractivity contribution in [2.24, 2.45) is 0 Å². The molecule has 62 heavy (non-hydrogen) atoms. The fraction of sp³-hybridized carbons (Fsp3) is 0.305. The van der Waals surface area contributed by atoms with E-state index in [-0.39, 0.29) is 28.9 Å². The Morgan fingerprint density at radius 3 is 1.10 bits per heavy atom. The zero-order valence-electron chi connectivity index (χ0n) is 38.9. The molecule has 0 N–H and O–H groups in total. The summed E-state index contributed by atoms with van der Waals surface area (Å²) in [6.45, 7) is 27.7. The van der Waals surface area contributed by atoms with Crippen LogP contribution < -0.4 is 0 Å². The van der Waals surface area contributed by atoms with E-state index in [4.69, 9.17) is 0 Å². The fourth-order valence-electron chi connectivity index (χ4n) is 10.1. The predicted octanol–water partition coefficient (Wildman–Crippen LogP) is 17.5. The van der Waals surface area contributed by atoms with Crippen LogP contribution in [-0.4, -0.2) is 3.21 Å². The SMILES string of the molecule is CC(C)(C)c1ccc([C](c2ccc(C(C)(C)C)cc2)=[Zr]([Cl])([Cl])([CH]2C=CC=C2)[CH]2c3cc(-c4ccccc4)c(C(C)(C)C)cc3-c3cc(C(C)(C)C)c(-c4ccccc4)cc32)cc1. The van der Waals surface area contributed by atoms with Crippen molar-refractivity contribution in [3.8, 4) is 33.4 Å². The van der Waals surface area contributed by atoms with E-state index in [1.165, 1.54) is 66.8 Å². The maximum absolute atomic E-state index is 9.25. The average molecular weight is 935 g/mol. The second-order valence-electron chi connectivity index (χ2n) is 22.1. The predicted molar refractivity (Wildman–Crippen MR) is 269 cm³/mol. The molecule has 0 amide bonds. The maximum atomic E-state index is 9.25. The first kappa shape index (κ1) is 44.7. The fourth-order valence-corrected chi connectivity index (χ4v) is 29.5. The van der Waals surface area contributed by atoms with E-state index >= 15 is 0 Å². The molecule has 0 unspecified atom stereocenters. The van der Waals surface area contributed by atoms with Gasteiger partial charge in [-0.2, -0.15) is 0 Å². The molecule has 2 aliphatic carbocycles. The van der Waals surface area contributed by atoms with Crippen LogP contribution >= 0.6 is 17.0 Å². The van der Waals surface area contributed by atoms with E-state index in [9.17, 15) is 17.0 Å². The molecule has 0 bridgehead atoms. The van der Waals surface area contributed by atoms with Crippen LogP contribution in [0.1, 0.15) is 131 Å². The molecule has 3 heteroatoms. The number of halogens is 2. The summed E-state index contributed by atoms with van der Waals surface area (Å²) in [4.78, 5) is 0. The summed E-state index contributed by atoms with van der Waals surface area (Å²) in [7, 11) is 18.5. The molecule has 0 saturated heterocycles. The van der Waals surface area contributed by atoms with Crippen molar-refractivity contribution in [1.29, 1.82) is 0 Å². The van der Waals surface area contributed by atoms with Crippen molar-refractivity contribution < 1.29 is 15.9 Å². The number of fused-ring (bicyclic) bond motifs is 3. The van der Waals surface area contributed by atoms with Gasteiger partial charge in [-0.15, -0.1) is 0 Å². The Morgan fingerprint density at radius 2 is 0.774 bits per heavy atom. The van der Waals surface area contributed by atoms with Crippen LogP contribution in [0.5, 0.6) is 0 Å². The van der Waals surface area contributed by atoms with Gasteiger partial charge in [0.05, 0.1) is 0 Å². The first-order valence-electron chi connectivity index (χ1n) is 22.5. The summed E-state index contributed by atoms with van der Waals surface area (Å²) in [5.74, 6) is 0. The topological polar surface area (TPSA) is 0 Å². The quantitative estimate of drug-likeness (QED) is 0.156. The molecule has 0 fully saturated rings. The van der Waals surface area contributed by atoms with Crippen LogP contribution in [0.4, 0.5) is 0 Å². The third-order valence-corrected chi connectivity index (χ3v) is 33.2. The summed E-state index contributed by atoms with van der Waals surface area (Å²) >= 11 is -5.77. The summed E-state index contributed by atoms with van der Waals surface area (Å²) in [5, 5.41) is 0. The van der Waals surface area contributed by atoms with E-state index in [1.54, 1.807) is 0 Å². The van der Waals surface area contributed by atoms with Crippen LogP contribution in [0.2, 0.25) is 3.63 Å². The van der Waals surface area contributed by atoms with Gasteiger partial charge >= 0.3 is 384 Å². The van der Waals surface area contributed by atoms with Gasteiger partial charge in [0.1, 0.15) is 0 Å². The van der Waals surface area contributed by atoms with Crippen molar-refractivity contribution in [2.75, 3.05) is 0 Å². The van der Waals surface area contributed by atoms with Gasteiger partial charge in [0.25, 0.3) is 0 Å². The van der Waals surface area contributed by atoms with Crippen LogP contribution in [0.25, 0.3) is 33.4 Å². The van der Waals surface area contributed by atoms with Crippen molar-refractivity contribution in [3.05, 3.63) is 202 Å². The summed E-state index contributed by atoms with van der Waals surface area (Å²) in [6, 6.07) is 50.2. The summed E-state index contributed by atoms with van der Waals surface area (Å²) in [5.41, 5.74) is 17.0. The molecule has 6 aromatic rings. The van der Waals surface area contributed by atoms with Crippen LogP contribution in [0.3, 0.4) is 0 Å². The molecule has 0 nitrogen and oxygen atoms in total. The van der Waals surface area contributed by atoms with E-state index in [0.29, 0.717) is 0 Å². The minimum absolute atomic E-state index is 0.00945. The zero-order chi connectivity index (χ0) is 44.6. The average Bonchev–Trinajstić information content (AvgIpc) is 3.88. The Labute approximate surface area is 380 Å². The zero-order valence-corrected chi connectivity index (χ0v) is 42.9. The number of rotatable bonds is 6. The molecule has 2 aliphatic rings. The molecular weight excluding hydrogens is 871 g/mol. The first-order valence-corrected chi connectivity index (χ1v) is 32.9. The van der Waals surface area contributed by atoms with Gasteiger partial charge in [0, 0.05) is 0 Å². The van der Waals surface area contributed by atoms with Crippen molar-refractivity contribution in [3.63, 3.8) is 0 Å². The molecular formula is C59H64Cl2Zr. The van der Waals surface area contributed by atoms with Gasteiger partial charge < -0.3 is 0 Å².